The second-order valence-corrected chi connectivity index (χ2v) is 34.6. The van der Waals surface area contributed by atoms with Gasteiger partial charge in [-0.05, 0) is 229 Å². The van der Waals surface area contributed by atoms with Gasteiger partial charge >= 0.3 is 13.7 Å². The summed E-state index contributed by atoms with van der Waals surface area (Å²) in [7, 11) is 0. The van der Waals surface area contributed by atoms with Gasteiger partial charge in [-0.25, -0.2) is 0 Å². The van der Waals surface area contributed by atoms with Crippen LogP contribution in [0.2, 0.25) is 0 Å². The highest BCUT2D eigenvalue weighted by molar-refractivity contribution is 7.26. The summed E-state index contributed by atoms with van der Waals surface area (Å²) in [5.41, 5.74) is 35.6. The molecule has 0 atom stereocenters. The Morgan fingerprint density at radius 2 is 0.898 bits per heavy atom. The Labute approximate surface area is 578 Å². The Bertz CT molecular complexity index is 6390. The van der Waals surface area contributed by atoms with E-state index in [1.54, 1.807) is 0 Å². The Balaban J connectivity index is 0.754. The molecule has 2 aliphatic carbocycles. The van der Waals surface area contributed by atoms with Crippen LogP contribution in [0.15, 0.2) is 185 Å². The Morgan fingerprint density at radius 1 is 0.388 bits per heavy atom. The quantitative estimate of drug-likeness (QED) is 0.165. The highest BCUT2D eigenvalue weighted by Gasteiger charge is 2.50. The highest BCUT2D eigenvalue weighted by atomic mass is 32.1. The minimum Gasteiger partial charge on any atom is -0.454 e. The van der Waals surface area contributed by atoms with E-state index in [0.29, 0.717) is 6.42 Å². The first-order chi connectivity index (χ1) is 47.3. The summed E-state index contributed by atoms with van der Waals surface area (Å²) in [4.78, 5) is 5.39. The van der Waals surface area contributed by atoms with Gasteiger partial charge in [0.1, 0.15) is 11.2 Å². The zero-order valence-electron chi connectivity index (χ0n) is 57.4. The first-order valence-corrected chi connectivity index (χ1v) is 37.1. The molecule has 0 saturated heterocycles. The van der Waals surface area contributed by atoms with Gasteiger partial charge in [-0.15, -0.1) is 22.7 Å². The van der Waals surface area contributed by atoms with Gasteiger partial charge in [0.25, 0.3) is 0 Å². The van der Waals surface area contributed by atoms with Gasteiger partial charge in [0, 0.05) is 64.5 Å². The van der Waals surface area contributed by atoms with Crippen LogP contribution in [-0.4, -0.2) is 22.7 Å². The van der Waals surface area contributed by atoms with E-state index in [1.807, 2.05) is 22.7 Å². The van der Waals surface area contributed by atoms with E-state index in [1.165, 1.54) is 194 Å². The number of aromatic nitrogens is 2. The number of benzene rings is 10. The number of furan rings is 2. The lowest BCUT2D eigenvalue weighted by Gasteiger charge is -2.44. The molecule has 0 unspecified atom stereocenters. The Kier molecular flexibility index (Phi) is 10.8. The zero-order valence-corrected chi connectivity index (χ0v) is 59.0. The molecule has 0 bridgehead atoms. The van der Waals surface area contributed by atoms with Crippen molar-refractivity contribution in [1.82, 2.24) is 8.96 Å². The third kappa shape index (κ3) is 7.10. The third-order valence-electron chi connectivity index (χ3n) is 24.9. The lowest BCUT2D eigenvalue weighted by atomic mass is 9.45. The predicted molar refractivity (Wildman–Crippen MR) is 418 cm³/mol. The zero-order chi connectivity index (χ0) is 65.9. The molecular weight excluding hydrogens is 1230 g/mol. The monoisotopic (exact) mass is 1300 g/mol. The largest absolute Gasteiger partial charge is 0.454 e. The van der Waals surface area contributed by atoms with E-state index in [0.717, 1.165) is 45.0 Å². The van der Waals surface area contributed by atoms with E-state index in [4.69, 9.17) is 8.83 Å². The van der Waals surface area contributed by atoms with Crippen LogP contribution in [0.25, 0.3) is 108 Å². The number of nitrogens with zero attached hydrogens (tertiary/aromatic N) is 4. The minimum atomic E-state index is -0.143. The molecular formula is C88H72B2N4O2S2. The average Bonchev–Trinajstić information content (AvgIpc) is 1.51. The van der Waals surface area contributed by atoms with Crippen LogP contribution in [0, 0.1) is 20.8 Å². The number of hydrogen-bond donors (Lipinski definition) is 0. The number of thiophene rings is 2. The Hall–Kier alpha value is -9.47. The number of aryl methyl sites for hydroxylation is 3. The fourth-order valence-electron chi connectivity index (χ4n) is 19.8. The maximum absolute atomic E-state index is 7.50. The van der Waals surface area contributed by atoms with Crippen molar-refractivity contribution in [1.29, 1.82) is 0 Å². The molecule has 98 heavy (non-hydrogen) atoms. The van der Waals surface area contributed by atoms with Crippen LogP contribution < -0.4 is 31.7 Å². The van der Waals surface area contributed by atoms with Crippen LogP contribution in [0.4, 0.5) is 32.8 Å². The number of para-hydroxylation sites is 3. The first-order valence-electron chi connectivity index (χ1n) is 35.5. The van der Waals surface area contributed by atoms with E-state index in [2.05, 4.69) is 271 Å². The molecule has 0 N–H and O–H groups in total. The number of fused-ring (bicyclic) bond motifs is 24. The van der Waals surface area contributed by atoms with Crippen molar-refractivity contribution in [3.63, 3.8) is 0 Å². The van der Waals surface area contributed by atoms with Crippen LogP contribution in [0.5, 0.6) is 0 Å². The van der Waals surface area contributed by atoms with E-state index >= 15 is 0 Å². The second-order valence-electron chi connectivity index (χ2n) is 32.5. The van der Waals surface area contributed by atoms with Crippen molar-refractivity contribution >= 4 is 177 Å². The molecule has 0 amide bonds. The number of hydrogen-bond acceptors (Lipinski definition) is 6. The summed E-state index contributed by atoms with van der Waals surface area (Å²) in [6.45, 7) is 26.5. The topological polar surface area (TPSA) is 42.6 Å². The molecule has 0 spiro atoms. The van der Waals surface area contributed by atoms with Crippen molar-refractivity contribution in [3.8, 4) is 22.3 Å². The molecule has 4 aliphatic heterocycles. The molecule has 0 saturated carbocycles. The lowest BCUT2D eigenvalue weighted by molar-refractivity contribution is 0.332. The SMILES string of the molecule is Cc1cc2c3c(c1)N(c1cc4c(cc1C)C(C)(C)CCC4(C)C)c1sc4ccccc4c1B3n1c3c-2cccc3c2oc3cc(Cc4cc5c6c(c4)N(c4cc7c(cc4C)C(C)(C)CCC7(C)C)c4sc7ccccc7c4B6n4c6oc7ccccc7c6c6cccc-5c64)ccc3c21. The minimum absolute atomic E-state index is 0.0178. The van der Waals surface area contributed by atoms with Crippen LogP contribution in [-0.2, 0) is 28.1 Å². The van der Waals surface area contributed by atoms with Crippen molar-refractivity contribution in [2.75, 3.05) is 9.80 Å². The third-order valence-corrected chi connectivity index (χ3v) is 27.2. The summed E-state index contributed by atoms with van der Waals surface area (Å²) in [6.07, 6.45) is 5.38. The molecule has 10 heterocycles. The summed E-state index contributed by atoms with van der Waals surface area (Å²) in [6, 6.07) is 68.5. The summed E-state index contributed by atoms with van der Waals surface area (Å²) in [5.74, 6) is 0. The van der Waals surface area contributed by atoms with E-state index in [-0.39, 0.29) is 35.4 Å². The van der Waals surface area contributed by atoms with Gasteiger partial charge in [-0.3, -0.25) is 0 Å². The molecule has 22 rings (SSSR count). The average molecular weight is 1300 g/mol. The first kappa shape index (κ1) is 56.5. The molecule has 6 aliphatic rings. The van der Waals surface area contributed by atoms with Gasteiger partial charge in [0.2, 0.25) is 0 Å². The summed E-state index contributed by atoms with van der Waals surface area (Å²) < 4.78 is 22.6. The molecule has 0 fully saturated rings. The summed E-state index contributed by atoms with van der Waals surface area (Å²) in [5, 5.41) is 11.1. The Morgan fingerprint density at radius 3 is 1.51 bits per heavy atom. The maximum atomic E-state index is 7.50. The molecule has 474 valence electrons. The molecule has 16 aromatic rings. The lowest BCUT2D eigenvalue weighted by Crippen LogP contribution is -2.56. The van der Waals surface area contributed by atoms with Crippen molar-refractivity contribution in [2.24, 2.45) is 0 Å². The molecule has 0 radical (unpaired) electrons. The highest BCUT2D eigenvalue weighted by Crippen LogP contribution is 2.57. The number of anilines is 6. The van der Waals surface area contributed by atoms with Gasteiger partial charge in [-0.2, -0.15) is 0 Å². The molecule has 10 heteroatoms. The summed E-state index contributed by atoms with van der Waals surface area (Å²) >= 11 is 3.89. The smallest absolute Gasteiger partial charge is 0.337 e. The van der Waals surface area contributed by atoms with Gasteiger partial charge in [0.15, 0.2) is 11.3 Å². The normalized spacial score (nSPS) is 17.1. The standard InChI is InChI=1S/C88H72B2N4O2S2/c1-46-36-59-51-24-19-26-58-79(51)93(89-74(59)67(37-46)91(83-76(89)55-21-13-16-28-71(55)97-83)65-44-63-61(38-47(65)2)85(4,5)32-34-87(63,8)9)80-54-31-30-49(43-70(54)95-81(58)80)40-50-41-60-52-23-18-25-57-73-53-20-12-15-27-69(53)96-82(73)94(78(52)57)90-75(60)68(42-50)92(84-77(90)56-22-14-17-29-72(56)98-84)66-45-64-62(39-48(66)3)86(6,7)33-35-88(64,10)11/h12-31,36-39,41-45H,32-35,40H2,1-11H3. The van der Waals surface area contributed by atoms with Crippen molar-refractivity contribution < 1.29 is 8.83 Å². The predicted octanol–water partition coefficient (Wildman–Crippen LogP) is 21.9. The van der Waals surface area contributed by atoms with Crippen molar-refractivity contribution in [2.45, 2.75) is 130 Å². The molecule has 6 nitrogen and oxygen atoms in total. The molecule has 6 aromatic heterocycles. The van der Waals surface area contributed by atoms with Gasteiger partial charge in [0.05, 0.1) is 32.3 Å². The van der Waals surface area contributed by atoms with E-state index < -0.39 is 0 Å². The van der Waals surface area contributed by atoms with Gasteiger partial charge in [-0.1, -0.05) is 171 Å². The fraction of sp³-hybridized carbons (Fsp3) is 0.227. The fourth-order valence-corrected chi connectivity index (χ4v) is 22.4. The molecule has 10 aromatic carbocycles. The van der Waals surface area contributed by atoms with Gasteiger partial charge < -0.3 is 27.6 Å². The second kappa shape index (κ2) is 18.6. The van der Waals surface area contributed by atoms with Crippen LogP contribution >= 0.6 is 22.7 Å². The van der Waals surface area contributed by atoms with Crippen LogP contribution in [0.1, 0.15) is 131 Å². The van der Waals surface area contributed by atoms with Crippen LogP contribution in [0.3, 0.4) is 0 Å². The number of rotatable bonds is 4. The van der Waals surface area contributed by atoms with Crippen molar-refractivity contribution in [3.05, 3.63) is 226 Å². The van der Waals surface area contributed by atoms with E-state index in [9.17, 15) is 0 Å². The maximum Gasteiger partial charge on any atom is 0.337 e.